The first kappa shape index (κ1) is 18.9. The van der Waals surface area contributed by atoms with Crippen molar-refractivity contribution < 1.29 is 19.1 Å². The number of amides is 1. The van der Waals surface area contributed by atoms with Gasteiger partial charge in [0.25, 0.3) is 0 Å². The van der Waals surface area contributed by atoms with E-state index in [2.05, 4.69) is 5.32 Å². The number of rotatable bonds is 7. The number of nitrogens with one attached hydrogen (secondary N) is 1. The van der Waals surface area contributed by atoms with E-state index in [1.54, 1.807) is 32.0 Å². The van der Waals surface area contributed by atoms with Crippen molar-refractivity contribution in [3.63, 3.8) is 0 Å². The lowest BCUT2D eigenvalue weighted by molar-refractivity contribution is -0.122. The van der Waals surface area contributed by atoms with Crippen LogP contribution in [0.2, 0.25) is 0 Å². The van der Waals surface area contributed by atoms with Crippen LogP contribution in [0.1, 0.15) is 52.8 Å². The van der Waals surface area contributed by atoms with Gasteiger partial charge in [0.15, 0.2) is 5.78 Å². The van der Waals surface area contributed by atoms with Gasteiger partial charge < -0.3 is 14.8 Å². The van der Waals surface area contributed by atoms with Crippen molar-refractivity contribution in [1.82, 2.24) is 5.32 Å². The lowest BCUT2D eigenvalue weighted by Gasteiger charge is -2.23. The van der Waals surface area contributed by atoms with E-state index in [1.807, 2.05) is 26.0 Å². The van der Waals surface area contributed by atoms with Crippen LogP contribution in [0.4, 0.5) is 0 Å². The third-order valence-electron chi connectivity index (χ3n) is 4.20. The number of aliphatic hydroxyl groups is 1. The molecule has 5 heteroatoms. The zero-order valence-corrected chi connectivity index (χ0v) is 15.2. The normalized spacial score (nSPS) is 13.3. The number of aryl methyl sites for hydroxylation is 3. The Balaban J connectivity index is 1.85. The van der Waals surface area contributed by atoms with Gasteiger partial charge in [-0.1, -0.05) is 29.8 Å². The molecule has 0 saturated carbocycles. The number of benzene rings is 1. The Morgan fingerprint density at radius 1 is 1.12 bits per heavy atom. The van der Waals surface area contributed by atoms with E-state index in [0.29, 0.717) is 22.6 Å². The van der Waals surface area contributed by atoms with Gasteiger partial charge in [0.05, 0.1) is 6.54 Å². The lowest BCUT2D eigenvalue weighted by atomic mass is 9.96. The van der Waals surface area contributed by atoms with Gasteiger partial charge in [-0.25, -0.2) is 0 Å². The van der Waals surface area contributed by atoms with Gasteiger partial charge in [-0.2, -0.15) is 0 Å². The van der Waals surface area contributed by atoms with Crippen LogP contribution in [0, 0.1) is 20.8 Å². The number of carbonyl (C=O) groups excluding carboxylic acids is 2. The number of ketones is 1. The molecular weight excluding hydrogens is 318 g/mol. The summed E-state index contributed by atoms with van der Waals surface area (Å²) in [5.74, 6) is 1.01. The summed E-state index contributed by atoms with van der Waals surface area (Å²) in [7, 11) is 0. The number of carbonyl (C=O) groups is 2. The first-order valence-electron chi connectivity index (χ1n) is 8.35. The Morgan fingerprint density at radius 2 is 1.76 bits per heavy atom. The van der Waals surface area contributed by atoms with Crippen LogP contribution >= 0.6 is 0 Å². The second kappa shape index (κ2) is 7.66. The highest BCUT2D eigenvalue weighted by Gasteiger charge is 2.28. The van der Waals surface area contributed by atoms with E-state index >= 15 is 0 Å². The topological polar surface area (TPSA) is 79.5 Å². The van der Waals surface area contributed by atoms with Crippen LogP contribution in [0.5, 0.6) is 0 Å². The number of furan rings is 1. The molecule has 0 saturated heterocycles. The molecule has 2 aromatic rings. The summed E-state index contributed by atoms with van der Waals surface area (Å²) in [4.78, 5) is 24.1. The molecule has 1 aromatic heterocycles. The van der Waals surface area contributed by atoms with E-state index in [1.165, 1.54) is 0 Å². The predicted octanol–water partition coefficient (Wildman–Crippen LogP) is 3.19. The molecule has 0 bridgehead atoms. The van der Waals surface area contributed by atoms with Gasteiger partial charge in [0, 0.05) is 24.0 Å². The van der Waals surface area contributed by atoms with Crippen molar-refractivity contribution in [3.05, 3.63) is 58.5 Å². The van der Waals surface area contributed by atoms with E-state index in [4.69, 9.17) is 4.42 Å². The molecular formula is C20H25NO4. The minimum atomic E-state index is -1.22. The van der Waals surface area contributed by atoms with E-state index < -0.39 is 5.60 Å². The summed E-state index contributed by atoms with van der Waals surface area (Å²) >= 11 is 0. The zero-order valence-electron chi connectivity index (χ0n) is 15.2. The molecule has 1 heterocycles. The summed E-state index contributed by atoms with van der Waals surface area (Å²) in [6.45, 7) is 7.23. The Morgan fingerprint density at radius 3 is 2.32 bits per heavy atom. The molecule has 1 amide bonds. The van der Waals surface area contributed by atoms with E-state index in [0.717, 1.165) is 5.56 Å². The summed E-state index contributed by atoms with van der Waals surface area (Å²) in [6, 6.07) is 9.05. The zero-order chi connectivity index (χ0) is 18.6. The lowest BCUT2D eigenvalue weighted by Crippen LogP contribution is -2.38. The van der Waals surface area contributed by atoms with Crippen molar-refractivity contribution >= 4 is 11.7 Å². The quantitative estimate of drug-likeness (QED) is 0.757. The third-order valence-corrected chi connectivity index (χ3v) is 4.20. The summed E-state index contributed by atoms with van der Waals surface area (Å²) in [6.07, 6.45) is 0.229. The van der Waals surface area contributed by atoms with Crippen molar-refractivity contribution in [2.45, 2.75) is 46.1 Å². The van der Waals surface area contributed by atoms with Crippen LogP contribution in [-0.2, 0) is 10.4 Å². The molecule has 2 N–H and O–H groups in total. The smallest absolute Gasteiger partial charge is 0.220 e. The summed E-state index contributed by atoms with van der Waals surface area (Å²) in [5, 5.41) is 13.3. The monoisotopic (exact) mass is 343 g/mol. The molecule has 134 valence electrons. The average molecular weight is 343 g/mol. The molecule has 1 aromatic carbocycles. The van der Waals surface area contributed by atoms with Crippen molar-refractivity contribution in [2.75, 3.05) is 6.54 Å². The van der Waals surface area contributed by atoms with Gasteiger partial charge in [0.2, 0.25) is 5.91 Å². The van der Waals surface area contributed by atoms with Crippen LogP contribution in [0.15, 0.2) is 34.7 Å². The van der Waals surface area contributed by atoms with Crippen LogP contribution in [0.3, 0.4) is 0 Å². The fourth-order valence-electron chi connectivity index (χ4n) is 2.73. The van der Waals surface area contributed by atoms with Gasteiger partial charge in [-0.3, -0.25) is 9.59 Å². The van der Waals surface area contributed by atoms with Gasteiger partial charge in [-0.05, 0) is 33.8 Å². The molecule has 0 fully saturated rings. The van der Waals surface area contributed by atoms with E-state index in [9.17, 15) is 14.7 Å². The van der Waals surface area contributed by atoms with Crippen molar-refractivity contribution in [1.29, 1.82) is 0 Å². The number of hydrogen-bond acceptors (Lipinski definition) is 4. The Labute approximate surface area is 148 Å². The molecule has 1 atom stereocenters. The minimum Gasteiger partial charge on any atom is -0.466 e. The molecule has 0 spiro atoms. The summed E-state index contributed by atoms with van der Waals surface area (Å²) in [5.41, 5.74) is 1.12. The van der Waals surface area contributed by atoms with Gasteiger partial charge >= 0.3 is 0 Å². The maximum Gasteiger partial charge on any atom is 0.220 e. The fourth-order valence-corrected chi connectivity index (χ4v) is 2.73. The Hall–Kier alpha value is -2.40. The first-order valence-corrected chi connectivity index (χ1v) is 8.35. The van der Waals surface area contributed by atoms with Crippen molar-refractivity contribution in [3.8, 4) is 0 Å². The molecule has 0 aliphatic heterocycles. The molecule has 0 aliphatic rings. The fraction of sp³-hybridized carbons (Fsp3) is 0.400. The highest BCUT2D eigenvalue weighted by molar-refractivity contribution is 5.97. The minimum absolute atomic E-state index is 0.0599. The second-order valence-electron chi connectivity index (χ2n) is 6.67. The highest BCUT2D eigenvalue weighted by Crippen LogP contribution is 2.26. The van der Waals surface area contributed by atoms with Crippen LogP contribution < -0.4 is 5.32 Å². The first-order chi connectivity index (χ1) is 11.7. The maximum atomic E-state index is 12.1. The maximum absolute atomic E-state index is 12.1. The SMILES string of the molecule is Cc1ccc(C(=O)CCC(=O)NCC(C)(O)c2cc(C)oc2C)cc1. The van der Waals surface area contributed by atoms with Crippen LogP contribution in [-0.4, -0.2) is 23.3 Å². The highest BCUT2D eigenvalue weighted by atomic mass is 16.3. The van der Waals surface area contributed by atoms with Crippen LogP contribution in [0.25, 0.3) is 0 Å². The van der Waals surface area contributed by atoms with Crippen molar-refractivity contribution in [2.24, 2.45) is 0 Å². The summed E-state index contributed by atoms with van der Waals surface area (Å²) < 4.78 is 5.43. The standard InChI is InChI=1S/C20H25NO4/c1-13-5-7-16(8-6-13)18(22)9-10-19(23)21-12-20(4,24)17-11-14(2)25-15(17)3/h5-8,11,24H,9-10,12H2,1-4H3,(H,21,23). The number of Topliss-reactive ketones (excluding diaryl/α,β-unsaturated/α-hetero) is 1. The predicted molar refractivity (Wildman–Crippen MR) is 95.5 cm³/mol. The third kappa shape index (κ3) is 5.03. The molecule has 5 nitrogen and oxygen atoms in total. The van der Waals surface area contributed by atoms with Gasteiger partial charge in [0.1, 0.15) is 17.1 Å². The van der Waals surface area contributed by atoms with E-state index in [-0.39, 0.29) is 31.1 Å². The molecule has 2 rings (SSSR count). The molecule has 25 heavy (non-hydrogen) atoms. The number of hydrogen-bond donors (Lipinski definition) is 2. The average Bonchev–Trinajstić information content (AvgIpc) is 2.91. The Kier molecular flexibility index (Phi) is 5.80. The Bertz CT molecular complexity index is 757. The molecule has 0 radical (unpaired) electrons. The largest absolute Gasteiger partial charge is 0.466 e. The van der Waals surface area contributed by atoms with Gasteiger partial charge in [-0.15, -0.1) is 0 Å². The second-order valence-corrected chi connectivity index (χ2v) is 6.67. The molecule has 0 aliphatic carbocycles. The molecule has 1 unspecified atom stereocenters.